The van der Waals surface area contributed by atoms with Crippen molar-refractivity contribution in [3.05, 3.63) is 35.4 Å². The molecule has 0 aromatic heterocycles. The van der Waals surface area contributed by atoms with Crippen LogP contribution in [0.1, 0.15) is 6.42 Å². The molecular formula is C9H9ClO. The Balaban J connectivity index is 2.02. The molecule has 2 aliphatic rings. The minimum atomic E-state index is 0.355. The van der Waals surface area contributed by atoms with Gasteiger partial charge >= 0.3 is 0 Å². The van der Waals surface area contributed by atoms with Crippen LogP contribution in [-0.2, 0) is 4.74 Å². The first kappa shape index (κ1) is 7.14. The fourth-order valence-corrected chi connectivity index (χ4v) is 1.41. The molecule has 2 heteroatoms. The smallest absolute Gasteiger partial charge is 0.110 e. The molecule has 58 valence electrons. The van der Waals surface area contributed by atoms with Gasteiger partial charge in [0.15, 0.2) is 0 Å². The SMILES string of the molecule is ClC=CCC1=CC=CC2OC12. The van der Waals surface area contributed by atoms with Crippen molar-refractivity contribution in [2.45, 2.75) is 18.6 Å². The second kappa shape index (κ2) is 2.84. The van der Waals surface area contributed by atoms with E-state index in [1.54, 1.807) is 5.54 Å². The molecule has 0 aromatic carbocycles. The van der Waals surface area contributed by atoms with Gasteiger partial charge in [0.05, 0.1) is 0 Å². The van der Waals surface area contributed by atoms with E-state index >= 15 is 0 Å². The lowest BCUT2D eigenvalue weighted by Crippen LogP contribution is -1.98. The Bertz CT molecular complexity index is 240. The summed E-state index contributed by atoms with van der Waals surface area (Å²) in [6.45, 7) is 0. The Labute approximate surface area is 71.0 Å². The highest BCUT2D eigenvalue weighted by Crippen LogP contribution is 2.34. The molecule has 0 aromatic rings. The van der Waals surface area contributed by atoms with E-state index in [2.05, 4.69) is 12.2 Å². The number of allylic oxidation sites excluding steroid dienone is 3. The van der Waals surface area contributed by atoms with Gasteiger partial charge in [0.25, 0.3) is 0 Å². The van der Waals surface area contributed by atoms with Crippen LogP contribution in [0.3, 0.4) is 0 Å². The van der Waals surface area contributed by atoms with Crippen LogP contribution in [0.2, 0.25) is 0 Å². The van der Waals surface area contributed by atoms with Crippen molar-refractivity contribution in [3.8, 4) is 0 Å². The zero-order valence-electron chi connectivity index (χ0n) is 6.03. The summed E-state index contributed by atoms with van der Waals surface area (Å²) in [6, 6.07) is 0. The first-order valence-electron chi connectivity index (χ1n) is 3.70. The molecule has 2 unspecified atom stereocenters. The molecule has 0 bridgehead atoms. The Morgan fingerprint density at radius 2 is 2.55 bits per heavy atom. The van der Waals surface area contributed by atoms with E-state index in [1.165, 1.54) is 5.57 Å². The molecule has 1 saturated heterocycles. The summed E-state index contributed by atoms with van der Waals surface area (Å²) in [5.74, 6) is 0. The minimum Gasteiger partial charge on any atom is -0.360 e. The summed E-state index contributed by atoms with van der Waals surface area (Å²) in [7, 11) is 0. The maximum absolute atomic E-state index is 5.42. The van der Waals surface area contributed by atoms with Gasteiger partial charge in [-0.15, -0.1) is 0 Å². The topological polar surface area (TPSA) is 12.5 Å². The van der Waals surface area contributed by atoms with Gasteiger partial charge in [-0.1, -0.05) is 35.9 Å². The van der Waals surface area contributed by atoms with Gasteiger partial charge in [-0.05, 0) is 12.0 Å². The number of fused-ring (bicyclic) bond motifs is 1. The molecule has 1 fully saturated rings. The van der Waals surface area contributed by atoms with Crippen LogP contribution in [0, 0.1) is 0 Å². The summed E-state index contributed by atoms with van der Waals surface area (Å²) < 4.78 is 5.36. The third kappa shape index (κ3) is 1.39. The van der Waals surface area contributed by atoms with E-state index in [4.69, 9.17) is 16.3 Å². The monoisotopic (exact) mass is 168 g/mol. The molecule has 0 radical (unpaired) electrons. The lowest BCUT2D eigenvalue weighted by molar-refractivity contribution is 0.407. The van der Waals surface area contributed by atoms with Crippen molar-refractivity contribution in [3.63, 3.8) is 0 Å². The second-order valence-electron chi connectivity index (χ2n) is 2.71. The van der Waals surface area contributed by atoms with Crippen LogP contribution >= 0.6 is 11.6 Å². The summed E-state index contributed by atoms with van der Waals surface area (Å²) in [6.07, 6.45) is 9.79. The maximum Gasteiger partial charge on any atom is 0.110 e. The van der Waals surface area contributed by atoms with Crippen molar-refractivity contribution in [2.24, 2.45) is 0 Å². The largest absolute Gasteiger partial charge is 0.360 e. The molecule has 2 rings (SSSR count). The Kier molecular flexibility index (Phi) is 1.84. The van der Waals surface area contributed by atoms with E-state index in [-0.39, 0.29) is 0 Å². The molecule has 0 spiro atoms. The first-order valence-corrected chi connectivity index (χ1v) is 4.13. The third-order valence-corrected chi connectivity index (χ3v) is 2.12. The fourth-order valence-electron chi connectivity index (χ4n) is 1.32. The molecule has 1 aliphatic heterocycles. The van der Waals surface area contributed by atoms with E-state index in [0.717, 1.165) is 6.42 Å². The Morgan fingerprint density at radius 1 is 1.64 bits per heavy atom. The van der Waals surface area contributed by atoms with E-state index in [1.807, 2.05) is 12.2 Å². The highest BCUT2D eigenvalue weighted by atomic mass is 35.5. The molecule has 0 amide bonds. The van der Waals surface area contributed by atoms with Crippen molar-refractivity contribution in [2.75, 3.05) is 0 Å². The van der Waals surface area contributed by atoms with E-state index in [9.17, 15) is 0 Å². The minimum absolute atomic E-state index is 0.355. The zero-order valence-corrected chi connectivity index (χ0v) is 6.79. The van der Waals surface area contributed by atoms with Gasteiger partial charge in [-0.3, -0.25) is 0 Å². The van der Waals surface area contributed by atoms with E-state index < -0.39 is 0 Å². The lowest BCUT2D eigenvalue weighted by Gasteiger charge is -2.00. The number of rotatable bonds is 2. The molecule has 1 aliphatic carbocycles. The number of ether oxygens (including phenoxy) is 1. The molecule has 0 N–H and O–H groups in total. The van der Waals surface area contributed by atoms with Crippen LogP contribution in [0.5, 0.6) is 0 Å². The molecular weight excluding hydrogens is 160 g/mol. The number of hydrogen-bond donors (Lipinski definition) is 0. The Morgan fingerprint density at radius 3 is 3.36 bits per heavy atom. The van der Waals surface area contributed by atoms with Gasteiger partial charge in [-0.2, -0.15) is 0 Å². The molecule has 2 atom stereocenters. The zero-order chi connectivity index (χ0) is 7.68. The van der Waals surface area contributed by atoms with Crippen LogP contribution in [0.4, 0.5) is 0 Å². The molecule has 1 nitrogen and oxygen atoms in total. The summed E-state index contributed by atoms with van der Waals surface area (Å²) in [5, 5.41) is 0. The van der Waals surface area contributed by atoms with Gasteiger partial charge in [0.1, 0.15) is 12.2 Å². The molecule has 0 saturated carbocycles. The van der Waals surface area contributed by atoms with Crippen LogP contribution in [0.15, 0.2) is 35.4 Å². The Hall–Kier alpha value is -0.530. The summed E-state index contributed by atoms with van der Waals surface area (Å²) in [5.41, 5.74) is 2.88. The second-order valence-corrected chi connectivity index (χ2v) is 2.97. The lowest BCUT2D eigenvalue weighted by atomic mass is 10.0. The average Bonchev–Trinajstić information content (AvgIpc) is 2.79. The summed E-state index contributed by atoms with van der Waals surface area (Å²) >= 11 is 5.42. The van der Waals surface area contributed by atoms with Crippen LogP contribution in [-0.4, -0.2) is 12.2 Å². The van der Waals surface area contributed by atoms with Gasteiger partial charge in [0, 0.05) is 5.54 Å². The predicted octanol–water partition coefficient (Wildman–Crippen LogP) is 2.39. The normalized spacial score (nSPS) is 33.7. The van der Waals surface area contributed by atoms with Crippen molar-refractivity contribution in [1.29, 1.82) is 0 Å². The van der Waals surface area contributed by atoms with Gasteiger partial charge in [-0.25, -0.2) is 0 Å². The predicted molar refractivity (Wildman–Crippen MR) is 45.5 cm³/mol. The fraction of sp³-hybridized carbons (Fsp3) is 0.333. The van der Waals surface area contributed by atoms with Gasteiger partial charge < -0.3 is 4.74 Å². The number of epoxide rings is 1. The van der Waals surface area contributed by atoms with E-state index in [0.29, 0.717) is 12.2 Å². The van der Waals surface area contributed by atoms with Crippen LogP contribution in [0.25, 0.3) is 0 Å². The average molecular weight is 169 g/mol. The van der Waals surface area contributed by atoms with Crippen molar-refractivity contribution < 1.29 is 4.74 Å². The first-order chi connectivity index (χ1) is 5.42. The third-order valence-electron chi connectivity index (χ3n) is 1.94. The number of hydrogen-bond acceptors (Lipinski definition) is 1. The molecule has 11 heavy (non-hydrogen) atoms. The maximum atomic E-state index is 5.42. The standard InChI is InChI=1S/C9H9ClO/c10-6-2-4-7-3-1-5-8-9(7)11-8/h1-3,5-6,8-9H,4H2. The quantitative estimate of drug-likeness (QED) is 0.577. The summed E-state index contributed by atoms with van der Waals surface area (Å²) in [4.78, 5) is 0. The number of halogens is 1. The van der Waals surface area contributed by atoms with Crippen molar-refractivity contribution in [1.82, 2.24) is 0 Å². The highest BCUT2D eigenvalue weighted by molar-refractivity contribution is 6.25. The molecule has 1 heterocycles. The van der Waals surface area contributed by atoms with Crippen molar-refractivity contribution >= 4 is 11.6 Å². The van der Waals surface area contributed by atoms with Crippen LogP contribution < -0.4 is 0 Å². The highest BCUT2D eigenvalue weighted by Gasteiger charge is 2.40. The van der Waals surface area contributed by atoms with Gasteiger partial charge in [0.2, 0.25) is 0 Å².